The molecule has 1 heterocycles. The Hall–Kier alpha value is -1.87. The third-order valence-electron chi connectivity index (χ3n) is 3.21. The number of hydrogen-bond donors (Lipinski definition) is 0. The minimum atomic E-state index is 0.0594. The number of hydrogen-bond acceptors (Lipinski definition) is 2. The molecule has 104 valence electrons. The smallest absolute Gasteiger partial charge is 0.246 e. The summed E-state index contributed by atoms with van der Waals surface area (Å²) in [6, 6.07) is 12.1. The lowest BCUT2D eigenvalue weighted by Crippen LogP contribution is -2.28. The molecule has 0 spiro atoms. The van der Waals surface area contributed by atoms with E-state index in [-0.39, 0.29) is 5.91 Å². The summed E-state index contributed by atoms with van der Waals surface area (Å²) in [6.45, 7) is 5.46. The zero-order chi connectivity index (χ0) is 14.4. The monoisotopic (exact) mass is 285 g/mol. The molecule has 0 aliphatic carbocycles. The number of carbonyl (C=O) groups is 1. The molecule has 0 atom stereocenters. The molecular weight excluding hydrogens is 266 g/mol. The first kappa shape index (κ1) is 14.5. The van der Waals surface area contributed by atoms with Crippen molar-refractivity contribution in [2.45, 2.75) is 20.4 Å². The van der Waals surface area contributed by atoms with Crippen LogP contribution in [0.4, 0.5) is 0 Å². The van der Waals surface area contributed by atoms with Crippen LogP contribution in [0.1, 0.15) is 22.9 Å². The second-order valence-electron chi connectivity index (χ2n) is 4.62. The van der Waals surface area contributed by atoms with Gasteiger partial charge in [-0.05, 0) is 42.5 Å². The lowest BCUT2D eigenvalue weighted by atomic mass is 10.1. The summed E-state index contributed by atoms with van der Waals surface area (Å²) in [4.78, 5) is 15.3. The minimum Gasteiger partial charge on any atom is -0.334 e. The molecule has 0 bridgehead atoms. The van der Waals surface area contributed by atoms with E-state index in [1.165, 1.54) is 10.4 Å². The molecule has 1 amide bonds. The number of amides is 1. The van der Waals surface area contributed by atoms with Gasteiger partial charge in [0, 0.05) is 17.5 Å². The van der Waals surface area contributed by atoms with Crippen LogP contribution in [-0.2, 0) is 11.3 Å². The topological polar surface area (TPSA) is 20.3 Å². The molecule has 0 N–H and O–H groups in total. The lowest BCUT2D eigenvalue weighted by molar-refractivity contribution is -0.126. The molecule has 20 heavy (non-hydrogen) atoms. The van der Waals surface area contributed by atoms with Gasteiger partial charge in [-0.2, -0.15) is 0 Å². The van der Waals surface area contributed by atoms with Crippen LogP contribution in [-0.4, -0.2) is 17.4 Å². The van der Waals surface area contributed by atoms with Crippen molar-refractivity contribution in [3.05, 3.63) is 63.9 Å². The zero-order valence-electron chi connectivity index (χ0n) is 11.9. The molecule has 0 unspecified atom stereocenters. The van der Waals surface area contributed by atoms with Gasteiger partial charge in [-0.15, -0.1) is 11.3 Å². The van der Waals surface area contributed by atoms with E-state index in [2.05, 4.69) is 6.07 Å². The third-order valence-corrected chi connectivity index (χ3v) is 4.08. The van der Waals surface area contributed by atoms with E-state index in [1.54, 1.807) is 17.4 Å². The second kappa shape index (κ2) is 7.06. The summed E-state index contributed by atoms with van der Waals surface area (Å²) < 4.78 is 0. The Morgan fingerprint density at radius 3 is 2.70 bits per heavy atom. The Kier molecular flexibility index (Phi) is 5.13. The van der Waals surface area contributed by atoms with E-state index in [0.29, 0.717) is 6.54 Å². The third kappa shape index (κ3) is 3.81. The molecule has 2 aromatic rings. The maximum absolute atomic E-state index is 12.2. The first-order chi connectivity index (χ1) is 9.70. The van der Waals surface area contributed by atoms with Gasteiger partial charge in [-0.3, -0.25) is 4.79 Å². The quantitative estimate of drug-likeness (QED) is 0.757. The van der Waals surface area contributed by atoms with Crippen LogP contribution in [0.15, 0.2) is 47.9 Å². The molecule has 0 saturated heterocycles. The van der Waals surface area contributed by atoms with Crippen LogP contribution in [0.5, 0.6) is 0 Å². The van der Waals surface area contributed by atoms with Gasteiger partial charge in [-0.25, -0.2) is 0 Å². The summed E-state index contributed by atoms with van der Waals surface area (Å²) in [5.41, 5.74) is 2.27. The first-order valence-electron chi connectivity index (χ1n) is 6.75. The highest BCUT2D eigenvalue weighted by Gasteiger charge is 2.09. The minimum absolute atomic E-state index is 0.0594. The molecule has 0 aliphatic rings. The van der Waals surface area contributed by atoms with E-state index in [1.807, 2.05) is 60.5 Å². The number of rotatable bonds is 5. The molecule has 3 heteroatoms. The van der Waals surface area contributed by atoms with E-state index >= 15 is 0 Å². The standard InChI is InChI=1S/C17H19NOS/c1-3-18(13-16-9-6-12-20-16)17(19)11-10-15-8-5-4-7-14(15)2/h4-12H,3,13H2,1-2H3. The molecule has 0 radical (unpaired) electrons. The summed E-state index contributed by atoms with van der Waals surface area (Å²) >= 11 is 1.68. The van der Waals surface area contributed by atoms with Crippen molar-refractivity contribution in [2.24, 2.45) is 0 Å². The summed E-state index contributed by atoms with van der Waals surface area (Å²) in [5.74, 6) is 0.0594. The largest absolute Gasteiger partial charge is 0.334 e. The number of thiophene rings is 1. The SMILES string of the molecule is CCN(Cc1cccs1)C(=O)C=Cc1ccccc1C. The predicted molar refractivity (Wildman–Crippen MR) is 85.6 cm³/mol. The number of aryl methyl sites for hydroxylation is 1. The van der Waals surface area contributed by atoms with E-state index < -0.39 is 0 Å². The van der Waals surface area contributed by atoms with Crippen molar-refractivity contribution in [2.75, 3.05) is 6.54 Å². The summed E-state index contributed by atoms with van der Waals surface area (Å²) in [5, 5.41) is 2.04. The van der Waals surface area contributed by atoms with E-state index in [9.17, 15) is 4.79 Å². The number of benzene rings is 1. The van der Waals surface area contributed by atoms with Gasteiger partial charge in [0.2, 0.25) is 5.91 Å². The van der Waals surface area contributed by atoms with Gasteiger partial charge in [0.05, 0.1) is 6.54 Å². The van der Waals surface area contributed by atoms with Gasteiger partial charge in [0.25, 0.3) is 0 Å². The molecule has 0 saturated carbocycles. The van der Waals surface area contributed by atoms with Crippen molar-refractivity contribution in [1.82, 2.24) is 4.90 Å². The van der Waals surface area contributed by atoms with E-state index in [0.717, 1.165) is 12.1 Å². The Morgan fingerprint density at radius 2 is 2.05 bits per heavy atom. The molecule has 1 aromatic carbocycles. The lowest BCUT2D eigenvalue weighted by Gasteiger charge is -2.18. The molecule has 0 aliphatic heterocycles. The maximum atomic E-state index is 12.2. The Labute approximate surface area is 124 Å². The summed E-state index contributed by atoms with van der Waals surface area (Å²) in [7, 11) is 0. The van der Waals surface area contributed by atoms with Gasteiger partial charge in [-0.1, -0.05) is 30.3 Å². The van der Waals surface area contributed by atoms with Crippen LogP contribution < -0.4 is 0 Å². The zero-order valence-corrected chi connectivity index (χ0v) is 12.7. The fraction of sp³-hybridized carbons (Fsp3) is 0.235. The Balaban J connectivity index is 2.04. The fourth-order valence-electron chi connectivity index (χ4n) is 1.98. The first-order valence-corrected chi connectivity index (χ1v) is 7.63. The van der Waals surface area contributed by atoms with Gasteiger partial charge in [0.15, 0.2) is 0 Å². The second-order valence-corrected chi connectivity index (χ2v) is 5.65. The maximum Gasteiger partial charge on any atom is 0.246 e. The predicted octanol–water partition coefficient (Wildman–Crippen LogP) is 4.12. The fourth-order valence-corrected chi connectivity index (χ4v) is 2.70. The molecule has 1 aromatic heterocycles. The molecular formula is C17H19NOS. The number of likely N-dealkylation sites (N-methyl/N-ethyl adjacent to an activating group) is 1. The Bertz CT molecular complexity index is 587. The number of nitrogens with zero attached hydrogens (tertiary/aromatic N) is 1. The van der Waals surface area contributed by atoms with Crippen molar-refractivity contribution < 1.29 is 4.79 Å². The highest BCUT2D eigenvalue weighted by atomic mass is 32.1. The van der Waals surface area contributed by atoms with Crippen LogP contribution >= 0.6 is 11.3 Å². The van der Waals surface area contributed by atoms with Crippen molar-refractivity contribution in [1.29, 1.82) is 0 Å². The highest BCUT2D eigenvalue weighted by molar-refractivity contribution is 7.09. The van der Waals surface area contributed by atoms with Crippen LogP contribution in [0.2, 0.25) is 0 Å². The molecule has 2 nitrogen and oxygen atoms in total. The average molecular weight is 285 g/mol. The number of carbonyl (C=O) groups excluding carboxylic acids is 1. The van der Waals surface area contributed by atoms with Crippen molar-refractivity contribution in [3.63, 3.8) is 0 Å². The van der Waals surface area contributed by atoms with Crippen molar-refractivity contribution in [3.8, 4) is 0 Å². The Morgan fingerprint density at radius 1 is 1.25 bits per heavy atom. The molecule has 0 fully saturated rings. The van der Waals surface area contributed by atoms with E-state index in [4.69, 9.17) is 0 Å². The van der Waals surface area contributed by atoms with Gasteiger partial charge < -0.3 is 4.90 Å². The highest BCUT2D eigenvalue weighted by Crippen LogP contribution is 2.13. The molecule has 2 rings (SSSR count). The summed E-state index contributed by atoms with van der Waals surface area (Å²) in [6.07, 6.45) is 3.56. The van der Waals surface area contributed by atoms with Crippen LogP contribution in [0.3, 0.4) is 0 Å². The average Bonchev–Trinajstić information content (AvgIpc) is 2.96. The normalized spacial score (nSPS) is 10.9. The van der Waals surface area contributed by atoms with Crippen molar-refractivity contribution >= 4 is 23.3 Å². The van der Waals surface area contributed by atoms with Crippen LogP contribution in [0.25, 0.3) is 6.08 Å². The van der Waals surface area contributed by atoms with Gasteiger partial charge >= 0.3 is 0 Å². The van der Waals surface area contributed by atoms with Crippen LogP contribution in [0, 0.1) is 6.92 Å². The van der Waals surface area contributed by atoms with Gasteiger partial charge in [0.1, 0.15) is 0 Å².